The molecule has 1 heterocycles. The lowest BCUT2D eigenvalue weighted by Crippen LogP contribution is -2.28. The number of fused-ring (bicyclic) bond motifs is 1. The van der Waals surface area contributed by atoms with Gasteiger partial charge in [0.1, 0.15) is 0 Å². The largest absolute Gasteiger partial charge is 0.493 e. The van der Waals surface area contributed by atoms with Gasteiger partial charge in [-0.3, -0.25) is 4.79 Å². The van der Waals surface area contributed by atoms with Gasteiger partial charge in [0.25, 0.3) is 5.91 Å². The number of ether oxygens (including phenoxy) is 2. The number of anilines is 2. The summed E-state index contributed by atoms with van der Waals surface area (Å²) in [6, 6.07) is 21.3. The summed E-state index contributed by atoms with van der Waals surface area (Å²) in [5.41, 5.74) is 11.2. The van der Waals surface area contributed by atoms with Crippen LogP contribution >= 0.6 is 0 Å². The van der Waals surface area contributed by atoms with Crippen LogP contribution in [0.5, 0.6) is 11.5 Å². The zero-order valence-corrected chi connectivity index (χ0v) is 18.7. The number of nitrogens with one attached hydrogen (secondary N) is 2. The minimum Gasteiger partial charge on any atom is -0.493 e. The Morgan fingerprint density at radius 3 is 2.16 bits per heavy atom. The summed E-state index contributed by atoms with van der Waals surface area (Å²) >= 11 is 0. The van der Waals surface area contributed by atoms with Gasteiger partial charge in [0, 0.05) is 22.9 Å². The molecule has 0 atom stereocenters. The summed E-state index contributed by atoms with van der Waals surface area (Å²) in [7, 11) is 3.15. The summed E-state index contributed by atoms with van der Waals surface area (Å²) < 4.78 is 10.9. The van der Waals surface area contributed by atoms with Crippen molar-refractivity contribution in [1.82, 2.24) is 0 Å². The first-order chi connectivity index (χ1) is 15.3. The number of benzene rings is 3. The van der Waals surface area contributed by atoms with E-state index in [-0.39, 0.29) is 5.91 Å². The average molecular weight is 430 g/mol. The highest BCUT2D eigenvalue weighted by Gasteiger charge is 2.30. The minimum atomic E-state index is -0.431. The van der Waals surface area contributed by atoms with Gasteiger partial charge < -0.3 is 25.8 Å². The molecule has 0 saturated carbocycles. The summed E-state index contributed by atoms with van der Waals surface area (Å²) in [4.78, 5) is 13.1. The van der Waals surface area contributed by atoms with E-state index in [1.54, 1.807) is 20.3 Å². The lowest BCUT2D eigenvalue weighted by atomic mass is 9.95. The zero-order chi connectivity index (χ0) is 22.9. The minimum absolute atomic E-state index is 0.193. The van der Waals surface area contributed by atoms with Crippen LogP contribution in [0.2, 0.25) is 0 Å². The van der Waals surface area contributed by atoms with Crippen LogP contribution in [0.25, 0.3) is 11.3 Å². The lowest BCUT2D eigenvalue weighted by molar-refractivity contribution is -0.110. The van der Waals surface area contributed by atoms with Crippen molar-refractivity contribution in [2.45, 2.75) is 19.4 Å². The highest BCUT2D eigenvalue weighted by Crippen LogP contribution is 2.43. The summed E-state index contributed by atoms with van der Waals surface area (Å²) in [5.74, 6) is 0.922. The van der Waals surface area contributed by atoms with Crippen LogP contribution < -0.4 is 25.8 Å². The number of nitrogens with two attached hydrogens (primary N) is 1. The van der Waals surface area contributed by atoms with E-state index >= 15 is 0 Å². The molecule has 3 aromatic rings. The smallest absolute Gasteiger partial charge is 0.258 e. The molecule has 32 heavy (non-hydrogen) atoms. The first-order valence-electron chi connectivity index (χ1n) is 10.4. The fourth-order valence-corrected chi connectivity index (χ4v) is 3.76. The fourth-order valence-electron chi connectivity index (χ4n) is 3.76. The number of methoxy groups -OCH3 is 2. The number of carbonyl (C=O) groups excluding carboxylic acids is 1. The number of carbonyl (C=O) groups is 1. The van der Waals surface area contributed by atoms with Crippen molar-refractivity contribution in [3.05, 3.63) is 83.4 Å². The molecule has 6 nitrogen and oxygen atoms in total. The molecular formula is C26H27N3O3. The van der Waals surface area contributed by atoms with Crippen molar-refractivity contribution in [2.75, 3.05) is 24.9 Å². The van der Waals surface area contributed by atoms with E-state index in [1.807, 2.05) is 74.5 Å². The number of hydrogen-bond donors (Lipinski definition) is 3. The van der Waals surface area contributed by atoms with Gasteiger partial charge in [0.05, 0.1) is 31.2 Å². The number of rotatable bonds is 6. The van der Waals surface area contributed by atoms with Gasteiger partial charge in [-0.2, -0.15) is 0 Å². The second-order valence-electron chi connectivity index (χ2n) is 8.25. The molecule has 0 radical (unpaired) electrons. The molecule has 4 N–H and O–H groups in total. The highest BCUT2D eigenvalue weighted by atomic mass is 16.5. The maximum absolute atomic E-state index is 13.1. The zero-order valence-electron chi connectivity index (χ0n) is 18.7. The first-order valence-corrected chi connectivity index (χ1v) is 10.4. The van der Waals surface area contributed by atoms with E-state index in [9.17, 15) is 4.79 Å². The molecule has 3 aromatic carbocycles. The Morgan fingerprint density at radius 1 is 0.938 bits per heavy atom. The molecule has 164 valence electrons. The standard InChI is InChI=1S/C26H27N3O3/c1-26(2,27)17-10-12-18(13-11-17)28-24(16-8-6-5-7-9-16)23-19-14-21(31-3)22(32-4)15-20(19)29-25(23)30/h5-15,28H,27H2,1-4H3,(H,29,30)/b24-23-. The Morgan fingerprint density at radius 2 is 1.56 bits per heavy atom. The van der Waals surface area contributed by atoms with Crippen molar-refractivity contribution in [1.29, 1.82) is 0 Å². The van der Waals surface area contributed by atoms with Crippen molar-refractivity contribution in [3.8, 4) is 11.5 Å². The topological polar surface area (TPSA) is 85.6 Å². The molecule has 6 heteroatoms. The van der Waals surface area contributed by atoms with E-state index in [0.29, 0.717) is 28.5 Å². The van der Waals surface area contributed by atoms with E-state index in [0.717, 1.165) is 22.4 Å². The molecule has 0 saturated heterocycles. The Labute approximate surface area is 188 Å². The molecule has 0 unspecified atom stereocenters. The predicted octanol–water partition coefficient (Wildman–Crippen LogP) is 4.83. The molecule has 1 aliphatic rings. The third kappa shape index (κ3) is 4.05. The predicted molar refractivity (Wildman–Crippen MR) is 129 cm³/mol. The number of hydrogen-bond acceptors (Lipinski definition) is 5. The molecule has 0 spiro atoms. The van der Waals surface area contributed by atoms with Crippen LogP contribution in [-0.4, -0.2) is 20.1 Å². The van der Waals surface area contributed by atoms with Crippen molar-refractivity contribution in [3.63, 3.8) is 0 Å². The monoisotopic (exact) mass is 429 g/mol. The van der Waals surface area contributed by atoms with Gasteiger partial charge in [0.15, 0.2) is 11.5 Å². The van der Waals surface area contributed by atoms with Gasteiger partial charge >= 0.3 is 0 Å². The Bertz CT molecular complexity index is 1180. The second kappa shape index (κ2) is 8.40. The van der Waals surface area contributed by atoms with Crippen LogP contribution in [0.3, 0.4) is 0 Å². The Hall–Kier alpha value is -3.77. The Balaban J connectivity index is 1.86. The van der Waals surface area contributed by atoms with Gasteiger partial charge in [-0.15, -0.1) is 0 Å². The molecule has 1 amide bonds. The average Bonchev–Trinajstić information content (AvgIpc) is 3.11. The molecule has 0 fully saturated rings. The molecular weight excluding hydrogens is 402 g/mol. The maximum Gasteiger partial charge on any atom is 0.258 e. The van der Waals surface area contributed by atoms with Gasteiger partial charge in [-0.05, 0) is 43.2 Å². The van der Waals surface area contributed by atoms with Gasteiger partial charge in [0.2, 0.25) is 0 Å². The molecule has 0 aliphatic carbocycles. The van der Waals surface area contributed by atoms with Crippen LogP contribution in [0.15, 0.2) is 66.7 Å². The van der Waals surface area contributed by atoms with E-state index in [4.69, 9.17) is 15.2 Å². The normalized spacial score (nSPS) is 14.5. The van der Waals surface area contributed by atoms with Gasteiger partial charge in [-0.25, -0.2) is 0 Å². The third-order valence-corrected chi connectivity index (χ3v) is 5.48. The van der Waals surface area contributed by atoms with Gasteiger partial charge in [-0.1, -0.05) is 42.5 Å². The summed E-state index contributed by atoms with van der Waals surface area (Å²) in [5, 5.41) is 6.41. The van der Waals surface area contributed by atoms with Crippen LogP contribution in [-0.2, 0) is 10.3 Å². The quantitative estimate of drug-likeness (QED) is 0.489. The van der Waals surface area contributed by atoms with Crippen LogP contribution in [0, 0.1) is 0 Å². The highest BCUT2D eigenvalue weighted by molar-refractivity contribution is 6.37. The van der Waals surface area contributed by atoms with Crippen LogP contribution in [0.4, 0.5) is 11.4 Å². The molecule has 0 aromatic heterocycles. The van der Waals surface area contributed by atoms with E-state index in [1.165, 1.54) is 0 Å². The fraction of sp³-hybridized carbons (Fsp3) is 0.192. The van der Waals surface area contributed by atoms with Crippen molar-refractivity contribution < 1.29 is 14.3 Å². The number of amides is 1. The van der Waals surface area contributed by atoms with E-state index < -0.39 is 5.54 Å². The Kier molecular flexibility index (Phi) is 5.63. The SMILES string of the molecule is COc1cc2c(cc1OC)/C(=C(/Nc1ccc(C(C)(C)N)cc1)c1ccccc1)C(=O)N2. The van der Waals surface area contributed by atoms with Crippen molar-refractivity contribution >= 4 is 28.6 Å². The summed E-state index contributed by atoms with van der Waals surface area (Å²) in [6.45, 7) is 3.93. The second-order valence-corrected chi connectivity index (χ2v) is 8.25. The summed E-state index contributed by atoms with van der Waals surface area (Å²) in [6.07, 6.45) is 0. The molecule has 1 aliphatic heterocycles. The maximum atomic E-state index is 13.1. The lowest BCUT2D eigenvalue weighted by Gasteiger charge is -2.20. The molecule has 4 rings (SSSR count). The first kappa shape index (κ1) is 21.5. The van der Waals surface area contributed by atoms with E-state index in [2.05, 4.69) is 10.6 Å². The molecule has 0 bridgehead atoms. The third-order valence-electron chi connectivity index (χ3n) is 5.48. The van der Waals surface area contributed by atoms with Crippen molar-refractivity contribution in [2.24, 2.45) is 5.73 Å². The van der Waals surface area contributed by atoms with Crippen LogP contribution in [0.1, 0.15) is 30.5 Å².